The van der Waals surface area contributed by atoms with Crippen molar-refractivity contribution < 1.29 is 4.79 Å². The molecule has 0 spiro atoms. The van der Waals surface area contributed by atoms with Crippen LogP contribution in [0.15, 0.2) is 30.5 Å². The lowest BCUT2D eigenvalue weighted by Crippen LogP contribution is -2.36. The van der Waals surface area contributed by atoms with Gasteiger partial charge in [0.1, 0.15) is 11.9 Å². The number of ketones is 1. The lowest BCUT2D eigenvalue weighted by atomic mass is 9.92. The Morgan fingerprint density at radius 1 is 1.33 bits per heavy atom. The number of carbonyl (C=O) groups is 1. The zero-order valence-corrected chi connectivity index (χ0v) is 12.0. The van der Waals surface area contributed by atoms with Crippen molar-refractivity contribution in [1.29, 1.82) is 5.26 Å². The fourth-order valence-corrected chi connectivity index (χ4v) is 3.06. The van der Waals surface area contributed by atoms with Gasteiger partial charge >= 0.3 is 0 Å². The first kappa shape index (κ1) is 13.6. The largest absolute Gasteiger partial charge is 0.370 e. The van der Waals surface area contributed by atoms with Crippen LogP contribution in [0.5, 0.6) is 0 Å². The van der Waals surface area contributed by atoms with Crippen LogP contribution >= 0.6 is 0 Å². The number of rotatable bonds is 2. The number of pyridine rings is 1. The Balaban J connectivity index is 2.00. The van der Waals surface area contributed by atoms with Gasteiger partial charge in [-0.1, -0.05) is 18.2 Å². The van der Waals surface area contributed by atoms with Crippen molar-refractivity contribution in [3.8, 4) is 6.07 Å². The van der Waals surface area contributed by atoms with Crippen molar-refractivity contribution in [2.24, 2.45) is 5.92 Å². The van der Waals surface area contributed by atoms with Crippen molar-refractivity contribution in [3.05, 3.63) is 36.0 Å². The number of hydrogen-bond acceptors (Lipinski definition) is 4. The molecule has 0 atom stereocenters. The van der Waals surface area contributed by atoms with Crippen LogP contribution in [0.1, 0.15) is 25.3 Å². The van der Waals surface area contributed by atoms with E-state index in [-0.39, 0.29) is 11.7 Å². The van der Waals surface area contributed by atoms with Crippen molar-refractivity contribution in [2.45, 2.75) is 19.8 Å². The molecule has 106 valence electrons. The topological polar surface area (TPSA) is 57.0 Å². The summed E-state index contributed by atoms with van der Waals surface area (Å²) in [7, 11) is 0. The zero-order chi connectivity index (χ0) is 14.8. The summed E-state index contributed by atoms with van der Waals surface area (Å²) in [6.07, 6.45) is 3.36. The highest BCUT2D eigenvalue weighted by molar-refractivity contribution is 5.94. The Labute approximate surface area is 124 Å². The van der Waals surface area contributed by atoms with Crippen LogP contribution in [-0.2, 0) is 4.79 Å². The van der Waals surface area contributed by atoms with Crippen molar-refractivity contribution >= 4 is 22.4 Å². The maximum Gasteiger partial charge on any atom is 0.133 e. The highest BCUT2D eigenvalue weighted by atomic mass is 16.1. The van der Waals surface area contributed by atoms with Gasteiger partial charge in [-0.2, -0.15) is 5.26 Å². The third-order valence-corrected chi connectivity index (χ3v) is 4.25. The smallest absolute Gasteiger partial charge is 0.133 e. The molecule has 0 radical (unpaired) electrons. The van der Waals surface area contributed by atoms with Crippen molar-refractivity contribution in [3.63, 3.8) is 0 Å². The molecule has 0 bridgehead atoms. The number of para-hydroxylation sites is 1. The molecule has 2 aromatic rings. The number of hydrogen-bond donors (Lipinski definition) is 0. The molecule has 1 aromatic carbocycles. The Morgan fingerprint density at radius 2 is 2.05 bits per heavy atom. The predicted molar refractivity (Wildman–Crippen MR) is 82.1 cm³/mol. The molecular formula is C17H17N3O. The average Bonchev–Trinajstić information content (AvgIpc) is 2.53. The van der Waals surface area contributed by atoms with Gasteiger partial charge in [0.25, 0.3) is 0 Å². The molecule has 1 saturated heterocycles. The van der Waals surface area contributed by atoms with Gasteiger partial charge < -0.3 is 4.90 Å². The molecule has 0 saturated carbocycles. The first-order valence-electron chi connectivity index (χ1n) is 7.24. The molecule has 2 heterocycles. The summed E-state index contributed by atoms with van der Waals surface area (Å²) in [5, 5.41) is 10.4. The number of nitriles is 1. The molecule has 0 unspecified atom stereocenters. The maximum atomic E-state index is 11.5. The number of Topliss-reactive ketones (excluding diaryl/α,β-unsaturated/α-hetero) is 1. The van der Waals surface area contributed by atoms with Gasteiger partial charge in [0.2, 0.25) is 0 Å². The van der Waals surface area contributed by atoms with Gasteiger partial charge in [-0.15, -0.1) is 0 Å². The molecule has 21 heavy (non-hydrogen) atoms. The highest BCUT2D eigenvalue weighted by Gasteiger charge is 2.25. The van der Waals surface area contributed by atoms with Gasteiger partial charge in [0.05, 0.1) is 16.8 Å². The van der Waals surface area contributed by atoms with Gasteiger partial charge in [0, 0.05) is 30.6 Å². The van der Waals surface area contributed by atoms with Crippen LogP contribution < -0.4 is 4.90 Å². The number of nitrogens with zero attached hydrogens (tertiary/aromatic N) is 3. The number of piperidine rings is 1. The number of anilines is 1. The van der Waals surface area contributed by atoms with E-state index in [0.29, 0.717) is 5.56 Å². The molecule has 3 rings (SSSR count). The summed E-state index contributed by atoms with van der Waals surface area (Å²) >= 11 is 0. The van der Waals surface area contributed by atoms with Crippen molar-refractivity contribution in [1.82, 2.24) is 4.98 Å². The standard InChI is InChI=1S/C17H17N3O/c1-12(21)13-6-8-20(9-7-13)17-14(10-18)11-19-16-5-3-2-4-15(16)17/h2-5,11,13H,6-9H2,1H3. The van der Waals surface area contributed by atoms with Gasteiger partial charge in [0.15, 0.2) is 0 Å². The normalized spacial score (nSPS) is 15.9. The summed E-state index contributed by atoms with van der Waals surface area (Å²) in [4.78, 5) is 18.1. The molecule has 0 amide bonds. The Bertz CT molecular complexity index is 724. The minimum absolute atomic E-state index is 0.167. The van der Waals surface area contributed by atoms with Gasteiger partial charge in [-0.25, -0.2) is 0 Å². The van der Waals surface area contributed by atoms with E-state index in [1.807, 2.05) is 24.3 Å². The van der Waals surface area contributed by atoms with Gasteiger partial charge in [-0.05, 0) is 25.8 Å². The number of benzene rings is 1. The second-order valence-corrected chi connectivity index (χ2v) is 5.52. The van der Waals surface area contributed by atoms with Gasteiger partial charge in [-0.3, -0.25) is 9.78 Å². The fourth-order valence-electron chi connectivity index (χ4n) is 3.06. The van der Waals surface area contributed by atoms with Crippen LogP contribution in [0.25, 0.3) is 10.9 Å². The predicted octanol–water partition coefficient (Wildman–Crippen LogP) is 2.91. The fraction of sp³-hybridized carbons (Fsp3) is 0.353. The van der Waals surface area contributed by atoms with E-state index < -0.39 is 0 Å². The monoisotopic (exact) mass is 279 g/mol. The molecule has 0 N–H and O–H groups in total. The SMILES string of the molecule is CC(=O)C1CCN(c2c(C#N)cnc3ccccc23)CC1. The highest BCUT2D eigenvalue weighted by Crippen LogP contribution is 2.32. The molecular weight excluding hydrogens is 262 g/mol. The van der Waals surface area contributed by atoms with E-state index in [9.17, 15) is 10.1 Å². The Morgan fingerprint density at radius 3 is 2.71 bits per heavy atom. The maximum absolute atomic E-state index is 11.5. The number of aromatic nitrogens is 1. The van der Waals surface area contributed by atoms with Crippen molar-refractivity contribution in [2.75, 3.05) is 18.0 Å². The minimum Gasteiger partial charge on any atom is -0.370 e. The summed E-state index contributed by atoms with van der Waals surface area (Å²) in [6, 6.07) is 10.1. The van der Waals surface area contributed by atoms with Crippen LogP contribution in [-0.4, -0.2) is 23.9 Å². The lowest BCUT2D eigenvalue weighted by molar-refractivity contribution is -0.121. The Hall–Kier alpha value is -2.41. The molecule has 1 aromatic heterocycles. The number of fused-ring (bicyclic) bond motifs is 1. The summed E-state index contributed by atoms with van der Waals surface area (Å²) in [5.74, 6) is 0.439. The van der Waals surface area contributed by atoms with E-state index in [1.54, 1.807) is 13.1 Å². The molecule has 1 aliphatic heterocycles. The summed E-state index contributed by atoms with van der Waals surface area (Å²) < 4.78 is 0. The van der Waals surface area contributed by atoms with E-state index in [4.69, 9.17) is 0 Å². The first-order valence-corrected chi connectivity index (χ1v) is 7.24. The molecule has 1 fully saturated rings. The van der Waals surface area contributed by atoms with Crippen LogP contribution in [0.3, 0.4) is 0 Å². The van der Waals surface area contributed by atoms with Crippen LogP contribution in [0.4, 0.5) is 5.69 Å². The van der Waals surface area contributed by atoms with E-state index >= 15 is 0 Å². The average molecular weight is 279 g/mol. The van der Waals surface area contributed by atoms with E-state index in [2.05, 4.69) is 16.0 Å². The third-order valence-electron chi connectivity index (χ3n) is 4.25. The second-order valence-electron chi connectivity index (χ2n) is 5.52. The van der Waals surface area contributed by atoms with E-state index in [1.165, 1.54) is 0 Å². The Kier molecular flexibility index (Phi) is 3.57. The lowest BCUT2D eigenvalue weighted by Gasteiger charge is -2.33. The minimum atomic E-state index is 0.167. The molecule has 1 aliphatic rings. The quantitative estimate of drug-likeness (QED) is 0.848. The molecule has 0 aliphatic carbocycles. The summed E-state index contributed by atoms with van der Waals surface area (Å²) in [5.41, 5.74) is 2.47. The third kappa shape index (κ3) is 2.47. The summed E-state index contributed by atoms with van der Waals surface area (Å²) in [6.45, 7) is 3.29. The van der Waals surface area contributed by atoms with Crippen LogP contribution in [0, 0.1) is 17.2 Å². The molecule has 4 nitrogen and oxygen atoms in total. The number of carbonyl (C=O) groups excluding carboxylic acids is 1. The van der Waals surface area contributed by atoms with Crippen LogP contribution in [0.2, 0.25) is 0 Å². The van der Waals surface area contributed by atoms with E-state index in [0.717, 1.165) is 42.5 Å². The molecule has 4 heteroatoms. The second kappa shape index (κ2) is 5.53. The first-order chi connectivity index (χ1) is 10.2. The zero-order valence-electron chi connectivity index (χ0n) is 12.0.